The molecule has 0 saturated carbocycles. The summed E-state index contributed by atoms with van der Waals surface area (Å²) in [6.07, 6.45) is 1.73. The maximum atomic E-state index is 12.3. The van der Waals surface area contributed by atoms with Crippen molar-refractivity contribution in [3.8, 4) is 0 Å². The summed E-state index contributed by atoms with van der Waals surface area (Å²) in [5.74, 6) is -0.200. The van der Waals surface area contributed by atoms with E-state index in [1.807, 2.05) is 25.1 Å². The van der Waals surface area contributed by atoms with E-state index in [0.29, 0.717) is 18.0 Å². The molecule has 0 bridgehead atoms. The van der Waals surface area contributed by atoms with Gasteiger partial charge in [-0.15, -0.1) is 0 Å². The molecule has 6 heteroatoms. The molecule has 1 aliphatic rings. The Morgan fingerprint density at radius 3 is 2.86 bits per heavy atom. The van der Waals surface area contributed by atoms with E-state index >= 15 is 0 Å². The molecule has 0 unspecified atom stereocenters. The van der Waals surface area contributed by atoms with E-state index in [1.54, 1.807) is 11.0 Å². The fraction of sp³-hybridized carbons (Fsp3) is 0.500. The summed E-state index contributed by atoms with van der Waals surface area (Å²) < 4.78 is 12.3. The SMILES string of the molecule is CC(=O)N[C@@H]1CCCN(C(=O)C[S@@](=O)c2cccc(C)c2)C1. The predicted molar refractivity (Wildman–Crippen MR) is 85.9 cm³/mol. The van der Waals surface area contributed by atoms with Crippen LogP contribution in [0.5, 0.6) is 0 Å². The number of nitrogens with one attached hydrogen (secondary N) is 1. The van der Waals surface area contributed by atoms with Crippen molar-refractivity contribution in [2.24, 2.45) is 0 Å². The minimum absolute atomic E-state index is 0.00241. The number of nitrogens with zero attached hydrogens (tertiary/aromatic N) is 1. The smallest absolute Gasteiger partial charge is 0.235 e. The second kappa shape index (κ2) is 7.54. The molecule has 2 atom stereocenters. The molecule has 5 nitrogen and oxygen atoms in total. The van der Waals surface area contributed by atoms with E-state index in [-0.39, 0.29) is 23.6 Å². The second-order valence-electron chi connectivity index (χ2n) is 5.69. The third kappa shape index (κ3) is 4.66. The maximum absolute atomic E-state index is 12.3. The van der Waals surface area contributed by atoms with Crippen molar-refractivity contribution in [1.29, 1.82) is 0 Å². The summed E-state index contributed by atoms with van der Waals surface area (Å²) >= 11 is 0. The molecule has 1 aliphatic heterocycles. The fourth-order valence-electron chi connectivity index (χ4n) is 2.65. The molecule has 1 N–H and O–H groups in total. The van der Waals surface area contributed by atoms with Crippen molar-refractivity contribution in [2.45, 2.75) is 37.6 Å². The van der Waals surface area contributed by atoms with Gasteiger partial charge >= 0.3 is 0 Å². The van der Waals surface area contributed by atoms with Gasteiger partial charge in [0.2, 0.25) is 11.8 Å². The van der Waals surface area contributed by atoms with Crippen LogP contribution in [0.4, 0.5) is 0 Å². The van der Waals surface area contributed by atoms with E-state index in [0.717, 1.165) is 18.4 Å². The van der Waals surface area contributed by atoms with E-state index in [9.17, 15) is 13.8 Å². The Morgan fingerprint density at radius 2 is 2.18 bits per heavy atom. The lowest BCUT2D eigenvalue weighted by molar-refractivity contribution is -0.130. The lowest BCUT2D eigenvalue weighted by Gasteiger charge is -2.33. The molecule has 2 amide bonds. The van der Waals surface area contributed by atoms with Gasteiger partial charge in [-0.05, 0) is 37.5 Å². The van der Waals surface area contributed by atoms with E-state index < -0.39 is 10.8 Å². The number of hydrogen-bond acceptors (Lipinski definition) is 3. The monoisotopic (exact) mass is 322 g/mol. The number of rotatable bonds is 4. The van der Waals surface area contributed by atoms with Gasteiger partial charge in [-0.3, -0.25) is 13.8 Å². The molecule has 2 rings (SSSR count). The van der Waals surface area contributed by atoms with Crippen molar-refractivity contribution < 1.29 is 13.8 Å². The predicted octanol–water partition coefficient (Wildman–Crippen LogP) is 1.23. The zero-order chi connectivity index (χ0) is 16.1. The van der Waals surface area contributed by atoms with Crippen LogP contribution < -0.4 is 5.32 Å². The van der Waals surface area contributed by atoms with Crippen LogP contribution in [0.25, 0.3) is 0 Å². The molecule has 1 aromatic carbocycles. The molecule has 1 saturated heterocycles. The number of piperidine rings is 1. The average Bonchev–Trinajstić information content (AvgIpc) is 2.46. The third-order valence-corrected chi connectivity index (χ3v) is 4.98. The zero-order valence-corrected chi connectivity index (χ0v) is 13.8. The van der Waals surface area contributed by atoms with Crippen molar-refractivity contribution in [3.63, 3.8) is 0 Å². The lowest BCUT2D eigenvalue weighted by atomic mass is 10.1. The Balaban J connectivity index is 1.93. The van der Waals surface area contributed by atoms with Crippen LogP contribution in [0.1, 0.15) is 25.3 Å². The van der Waals surface area contributed by atoms with Crippen LogP contribution in [0.2, 0.25) is 0 Å². The second-order valence-corrected chi connectivity index (χ2v) is 7.14. The van der Waals surface area contributed by atoms with E-state index in [2.05, 4.69) is 5.32 Å². The first-order chi connectivity index (χ1) is 10.5. The van der Waals surface area contributed by atoms with Crippen LogP contribution >= 0.6 is 0 Å². The number of aryl methyl sites for hydroxylation is 1. The highest BCUT2D eigenvalue weighted by atomic mass is 32.2. The highest BCUT2D eigenvalue weighted by Crippen LogP contribution is 2.13. The van der Waals surface area contributed by atoms with Gasteiger partial charge in [0, 0.05) is 31.0 Å². The number of amides is 2. The van der Waals surface area contributed by atoms with Gasteiger partial charge < -0.3 is 10.2 Å². The van der Waals surface area contributed by atoms with Gasteiger partial charge in [0.1, 0.15) is 5.75 Å². The highest BCUT2D eigenvalue weighted by Gasteiger charge is 2.25. The third-order valence-electron chi connectivity index (χ3n) is 3.69. The van der Waals surface area contributed by atoms with Crippen LogP contribution in [0.15, 0.2) is 29.2 Å². The van der Waals surface area contributed by atoms with Crippen LogP contribution in [0, 0.1) is 6.92 Å². The van der Waals surface area contributed by atoms with E-state index in [4.69, 9.17) is 0 Å². The maximum Gasteiger partial charge on any atom is 0.235 e. The van der Waals surface area contributed by atoms with Crippen LogP contribution in [-0.4, -0.2) is 45.8 Å². The highest BCUT2D eigenvalue weighted by molar-refractivity contribution is 7.85. The summed E-state index contributed by atoms with van der Waals surface area (Å²) in [4.78, 5) is 25.8. The first kappa shape index (κ1) is 16.7. The summed E-state index contributed by atoms with van der Waals surface area (Å²) in [7, 11) is -1.33. The molecule has 1 fully saturated rings. The van der Waals surface area contributed by atoms with Gasteiger partial charge in [0.25, 0.3) is 0 Å². The Morgan fingerprint density at radius 1 is 1.41 bits per heavy atom. The number of benzene rings is 1. The molecule has 0 radical (unpaired) electrons. The van der Waals surface area contributed by atoms with Gasteiger partial charge in [-0.2, -0.15) is 0 Å². The van der Waals surface area contributed by atoms with Crippen LogP contribution in [0.3, 0.4) is 0 Å². The first-order valence-electron chi connectivity index (χ1n) is 7.45. The minimum Gasteiger partial charge on any atom is -0.352 e. The molecule has 0 aliphatic carbocycles. The molecule has 1 heterocycles. The molecular formula is C16H22N2O3S. The summed E-state index contributed by atoms with van der Waals surface area (Å²) in [6.45, 7) is 4.59. The van der Waals surface area contributed by atoms with Crippen molar-refractivity contribution in [2.75, 3.05) is 18.8 Å². The fourth-order valence-corrected chi connectivity index (χ4v) is 3.77. The van der Waals surface area contributed by atoms with Crippen LogP contribution in [-0.2, 0) is 20.4 Å². The summed E-state index contributed by atoms with van der Waals surface area (Å²) in [6, 6.07) is 7.42. The topological polar surface area (TPSA) is 66.5 Å². The first-order valence-corrected chi connectivity index (χ1v) is 8.77. The standard InChI is InChI=1S/C16H22N2O3S/c1-12-5-3-7-15(9-12)22(21)11-16(20)18-8-4-6-14(10-18)17-13(2)19/h3,5,7,9,14H,4,6,8,10-11H2,1-2H3,(H,17,19)/t14-,22-/m1/s1. The molecule has 120 valence electrons. The Labute approximate surface area is 133 Å². The molecule has 0 aromatic heterocycles. The zero-order valence-electron chi connectivity index (χ0n) is 13.0. The number of hydrogen-bond donors (Lipinski definition) is 1. The van der Waals surface area contributed by atoms with Gasteiger partial charge in [-0.25, -0.2) is 0 Å². The van der Waals surface area contributed by atoms with Gasteiger partial charge in [-0.1, -0.05) is 12.1 Å². The molecule has 22 heavy (non-hydrogen) atoms. The Bertz CT molecular complexity index is 589. The summed E-state index contributed by atoms with van der Waals surface area (Å²) in [5.41, 5.74) is 1.03. The number of carbonyl (C=O) groups excluding carboxylic acids is 2. The van der Waals surface area contributed by atoms with Gasteiger partial charge in [0.05, 0.1) is 10.8 Å². The Hall–Kier alpha value is -1.69. The summed E-state index contributed by atoms with van der Waals surface area (Å²) in [5, 5.41) is 2.85. The lowest BCUT2D eigenvalue weighted by Crippen LogP contribution is -2.50. The van der Waals surface area contributed by atoms with E-state index in [1.165, 1.54) is 6.92 Å². The largest absolute Gasteiger partial charge is 0.352 e. The average molecular weight is 322 g/mol. The Kier molecular flexibility index (Phi) is 5.71. The number of carbonyl (C=O) groups is 2. The molecule has 1 aromatic rings. The van der Waals surface area contributed by atoms with Crippen molar-refractivity contribution in [3.05, 3.63) is 29.8 Å². The van der Waals surface area contributed by atoms with Crippen molar-refractivity contribution >= 4 is 22.6 Å². The van der Waals surface area contributed by atoms with Gasteiger partial charge in [0.15, 0.2) is 0 Å². The minimum atomic E-state index is -1.33. The number of likely N-dealkylation sites (tertiary alicyclic amines) is 1. The molecule has 0 spiro atoms. The molecular weight excluding hydrogens is 300 g/mol. The quantitative estimate of drug-likeness (QED) is 0.907. The normalized spacial score (nSPS) is 19.5. The van der Waals surface area contributed by atoms with Crippen molar-refractivity contribution in [1.82, 2.24) is 10.2 Å².